The number of carbonyl (C=O) groups is 2. The van der Waals surface area contributed by atoms with E-state index >= 15 is 0 Å². The summed E-state index contributed by atoms with van der Waals surface area (Å²) < 4.78 is 0. The summed E-state index contributed by atoms with van der Waals surface area (Å²) in [7, 11) is 0. The van der Waals surface area contributed by atoms with Crippen molar-refractivity contribution < 1.29 is 14.5 Å². The highest BCUT2D eigenvalue weighted by atomic mass is 16.6. The number of aromatic amines is 1. The van der Waals surface area contributed by atoms with Crippen LogP contribution in [-0.2, 0) is 9.59 Å². The lowest BCUT2D eigenvalue weighted by Gasteiger charge is -2.42. The molecule has 1 aromatic heterocycles. The zero-order valence-electron chi connectivity index (χ0n) is 22.6. The zero-order valence-corrected chi connectivity index (χ0v) is 22.6. The molecule has 206 valence electrons. The first-order chi connectivity index (χ1) is 18.9. The average Bonchev–Trinajstić information content (AvgIpc) is 3.72. The Morgan fingerprint density at radius 2 is 1.87 bits per heavy atom. The number of aromatic nitrogens is 1. The van der Waals surface area contributed by atoms with Crippen molar-refractivity contribution >= 4 is 34.1 Å². The van der Waals surface area contributed by atoms with Gasteiger partial charge in [-0.1, -0.05) is 38.0 Å². The number of rotatable bonds is 10. The molecule has 2 heterocycles. The fourth-order valence-electron chi connectivity index (χ4n) is 5.77. The molecule has 2 aromatic carbocycles. The molecule has 5 rings (SSSR count). The normalized spacial score (nSPS) is 19.1. The second-order valence-corrected chi connectivity index (χ2v) is 10.9. The van der Waals surface area contributed by atoms with Crippen LogP contribution >= 0.6 is 0 Å². The van der Waals surface area contributed by atoms with Crippen LogP contribution in [0.25, 0.3) is 10.9 Å². The number of nitro groups is 1. The largest absolute Gasteiger partial charge is 0.373 e. The lowest BCUT2D eigenvalue weighted by molar-refractivity contribution is -0.384. The third kappa shape index (κ3) is 5.77. The number of piperazine rings is 1. The molecule has 9 nitrogen and oxygen atoms in total. The first kappa shape index (κ1) is 26.7. The van der Waals surface area contributed by atoms with Gasteiger partial charge in [-0.3, -0.25) is 19.7 Å². The van der Waals surface area contributed by atoms with Crippen molar-refractivity contribution in [3.63, 3.8) is 0 Å². The highest BCUT2D eigenvalue weighted by molar-refractivity contribution is 5.90. The lowest BCUT2D eigenvalue weighted by atomic mass is 9.85. The molecule has 1 aliphatic carbocycles. The Morgan fingerprint density at radius 1 is 1.13 bits per heavy atom. The Labute approximate surface area is 228 Å². The number of amides is 2. The molecule has 2 fully saturated rings. The molecule has 9 heteroatoms. The molecular formula is C30H37N5O4. The molecule has 3 aromatic rings. The number of nitrogens with zero attached hydrogens (tertiary/aromatic N) is 3. The second-order valence-electron chi connectivity index (χ2n) is 10.9. The molecule has 3 unspecified atom stereocenters. The van der Waals surface area contributed by atoms with E-state index in [1.165, 1.54) is 12.1 Å². The van der Waals surface area contributed by atoms with E-state index in [-0.39, 0.29) is 35.4 Å². The minimum absolute atomic E-state index is 0.00728. The molecule has 0 bridgehead atoms. The van der Waals surface area contributed by atoms with Gasteiger partial charge < -0.3 is 20.1 Å². The van der Waals surface area contributed by atoms with Gasteiger partial charge in [0, 0.05) is 72.4 Å². The molecule has 39 heavy (non-hydrogen) atoms. The van der Waals surface area contributed by atoms with E-state index < -0.39 is 11.0 Å². The maximum Gasteiger partial charge on any atom is 0.269 e. The number of H-pyrrole nitrogens is 1. The first-order valence-corrected chi connectivity index (χ1v) is 14.0. The SMILES string of the molecule is CCCCC(c1c[nH]c2ccccc12)C(Nc1ccc([N+](=O)[O-])cc1)C(=O)N1CCN(C(=O)C2CC2)C(C)C1. The number of non-ortho nitro benzene ring substituents is 1. The lowest BCUT2D eigenvalue weighted by Crippen LogP contribution is -2.58. The minimum Gasteiger partial charge on any atom is -0.373 e. The summed E-state index contributed by atoms with van der Waals surface area (Å²) in [6, 6.07) is 13.8. The summed E-state index contributed by atoms with van der Waals surface area (Å²) in [5.41, 5.74) is 2.78. The van der Waals surface area contributed by atoms with Gasteiger partial charge in [0.1, 0.15) is 6.04 Å². The van der Waals surface area contributed by atoms with Gasteiger partial charge in [-0.05, 0) is 49.9 Å². The maximum absolute atomic E-state index is 14.3. The number of hydrogen-bond donors (Lipinski definition) is 2. The number of anilines is 1. The van der Waals surface area contributed by atoms with E-state index in [4.69, 9.17) is 0 Å². The van der Waals surface area contributed by atoms with Gasteiger partial charge in [0.25, 0.3) is 5.69 Å². The van der Waals surface area contributed by atoms with Gasteiger partial charge in [-0.15, -0.1) is 0 Å². The van der Waals surface area contributed by atoms with Crippen molar-refractivity contribution in [3.8, 4) is 0 Å². The van der Waals surface area contributed by atoms with E-state index in [1.807, 2.05) is 41.1 Å². The number of para-hydroxylation sites is 1. The van der Waals surface area contributed by atoms with E-state index in [0.29, 0.717) is 25.3 Å². The van der Waals surface area contributed by atoms with E-state index in [0.717, 1.165) is 48.6 Å². The highest BCUT2D eigenvalue weighted by Crippen LogP contribution is 2.36. The van der Waals surface area contributed by atoms with Crippen LogP contribution in [0.5, 0.6) is 0 Å². The summed E-state index contributed by atoms with van der Waals surface area (Å²) in [4.78, 5) is 45.1. The summed E-state index contributed by atoms with van der Waals surface area (Å²) >= 11 is 0. The Morgan fingerprint density at radius 3 is 2.54 bits per heavy atom. The smallest absolute Gasteiger partial charge is 0.269 e. The van der Waals surface area contributed by atoms with Crippen LogP contribution in [-0.4, -0.2) is 63.2 Å². The molecule has 1 saturated heterocycles. The minimum atomic E-state index is -0.574. The van der Waals surface area contributed by atoms with Gasteiger partial charge in [0.2, 0.25) is 11.8 Å². The van der Waals surface area contributed by atoms with E-state index in [1.54, 1.807) is 12.1 Å². The monoisotopic (exact) mass is 531 g/mol. The summed E-state index contributed by atoms with van der Waals surface area (Å²) in [6.07, 6.45) is 6.71. The van der Waals surface area contributed by atoms with E-state index in [9.17, 15) is 19.7 Å². The van der Waals surface area contributed by atoms with Crippen LogP contribution in [0.2, 0.25) is 0 Å². The number of nitro benzene ring substituents is 1. The topological polar surface area (TPSA) is 112 Å². The third-order valence-electron chi connectivity index (χ3n) is 8.11. The van der Waals surface area contributed by atoms with Gasteiger partial charge >= 0.3 is 0 Å². The van der Waals surface area contributed by atoms with Crippen molar-refractivity contribution in [1.82, 2.24) is 14.8 Å². The molecule has 2 N–H and O–H groups in total. The number of hydrogen-bond acceptors (Lipinski definition) is 5. The van der Waals surface area contributed by atoms with E-state index in [2.05, 4.69) is 23.3 Å². The quantitative estimate of drug-likeness (QED) is 0.272. The average molecular weight is 532 g/mol. The van der Waals surface area contributed by atoms with Crippen LogP contribution in [0.3, 0.4) is 0 Å². The van der Waals surface area contributed by atoms with Crippen LogP contribution in [0.4, 0.5) is 11.4 Å². The van der Waals surface area contributed by atoms with Gasteiger partial charge in [-0.2, -0.15) is 0 Å². The molecule has 1 saturated carbocycles. The number of carbonyl (C=O) groups excluding carboxylic acids is 2. The third-order valence-corrected chi connectivity index (χ3v) is 8.11. The van der Waals surface area contributed by atoms with Gasteiger partial charge in [-0.25, -0.2) is 0 Å². The summed E-state index contributed by atoms with van der Waals surface area (Å²) in [5.74, 6) is 0.247. The molecule has 3 atom stereocenters. The molecule has 1 aliphatic heterocycles. The Kier molecular flexibility index (Phi) is 7.86. The Balaban J connectivity index is 1.46. The van der Waals surface area contributed by atoms with Crippen LogP contribution in [0, 0.1) is 16.0 Å². The number of benzene rings is 2. The fourth-order valence-corrected chi connectivity index (χ4v) is 5.77. The standard InChI is InChI=1S/C30H37N5O4/c1-3-4-7-25(26-18-31-27-9-6-5-8-24(26)27)28(32-22-12-14-23(15-13-22)35(38)39)30(37)33-16-17-34(20(2)19-33)29(36)21-10-11-21/h5-6,8-9,12-15,18,20-21,25,28,31-32H,3-4,7,10-11,16-17,19H2,1-2H3. The second kappa shape index (κ2) is 11.5. The first-order valence-electron chi connectivity index (χ1n) is 14.0. The summed E-state index contributed by atoms with van der Waals surface area (Å²) in [5, 5.41) is 15.8. The Bertz CT molecular complexity index is 1330. The fraction of sp³-hybridized carbons (Fsp3) is 0.467. The molecular weight excluding hydrogens is 494 g/mol. The van der Waals surface area contributed by atoms with Crippen molar-refractivity contribution in [3.05, 3.63) is 70.4 Å². The number of fused-ring (bicyclic) bond motifs is 1. The van der Waals surface area contributed by atoms with Gasteiger partial charge in [0.15, 0.2) is 0 Å². The van der Waals surface area contributed by atoms with Crippen LogP contribution in [0.1, 0.15) is 57.4 Å². The predicted octanol–water partition coefficient (Wildman–Crippen LogP) is 5.30. The number of nitrogens with one attached hydrogen (secondary N) is 2. The van der Waals surface area contributed by atoms with Crippen molar-refractivity contribution in [2.45, 2.75) is 64.0 Å². The number of unbranched alkanes of at least 4 members (excludes halogenated alkanes) is 1. The van der Waals surface area contributed by atoms with Crippen molar-refractivity contribution in [1.29, 1.82) is 0 Å². The van der Waals surface area contributed by atoms with Gasteiger partial charge in [0.05, 0.1) is 4.92 Å². The molecule has 2 aliphatic rings. The predicted molar refractivity (Wildman–Crippen MR) is 152 cm³/mol. The summed E-state index contributed by atoms with van der Waals surface area (Å²) in [6.45, 7) is 5.69. The van der Waals surface area contributed by atoms with Crippen LogP contribution < -0.4 is 5.32 Å². The van der Waals surface area contributed by atoms with Crippen molar-refractivity contribution in [2.75, 3.05) is 25.0 Å². The highest BCUT2D eigenvalue weighted by Gasteiger charge is 2.40. The molecule has 2 amide bonds. The maximum atomic E-state index is 14.3. The zero-order chi connectivity index (χ0) is 27.5. The van der Waals surface area contributed by atoms with Crippen LogP contribution in [0.15, 0.2) is 54.7 Å². The Hall–Kier alpha value is -3.88. The van der Waals surface area contributed by atoms with Crippen molar-refractivity contribution in [2.24, 2.45) is 5.92 Å². The molecule has 0 radical (unpaired) electrons. The molecule has 0 spiro atoms.